The Balaban J connectivity index is 1.92. The fourth-order valence-electron chi connectivity index (χ4n) is 2.61. The van der Waals surface area contributed by atoms with Crippen LogP contribution in [0.25, 0.3) is 17.3 Å². The Morgan fingerprint density at radius 1 is 0.960 bits per heavy atom. The van der Waals surface area contributed by atoms with E-state index in [-0.39, 0.29) is 0 Å². The Morgan fingerprint density at radius 2 is 1.64 bits per heavy atom. The van der Waals surface area contributed by atoms with E-state index >= 15 is 0 Å². The lowest BCUT2D eigenvalue weighted by Gasteiger charge is -2.08. The predicted octanol–water partition coefficient (Wildman–Crippen LogP) is 4.56. The van der Waals surface area contributed by atoms with E-state index in [2.05, 4.69) is 6.07 Å². The number of hydrogen-bond donors (Lipinski definition) is 0. The molecule has 4 heteroatoms. The van der Waals surface area contributed by atoms with Crippen LogP contribution in [-0.2, 0) is 0 Å². The normalized spacial score (nSPS) is 11.0. The van der Waals surface area contributed by atoms with Gasteiger partial charge >= 0.3 is 0 Å². The summed E-state index contributed by atoms with van der Waals surface area (Å²) in [5, 5.41) is 9.54. The van der Waals surface area contributed by atoms with Crippen LogP contribution in [0.5, 0.6) is 11.5 Å². The first kappa shape index (κ1) is 16.4. The van der Waals surface area contributed by atoms with E-state index in [1.807, 2.05) is 77.6 Å². The topological polar surface area (TPSA) is 47.2 Å². The Hall–Kier alpha value is -3.45. The molecule has 0 aliphatic heterocycles. The van der Waals surface area contributed by atoms with Crippen LogP contribution in [0.15, 0.2) is 67.0 Å². The van der Waals surface area contributed by atoms with Gasteiger partial charge in [0.25, 0.3) is 0 Å². The van der Waals surface area contributed by atoms with Gasteiger partial charge in [-0.3, -0.25) is 0 Å². The molecule has 124 valence electrons. The lowest BCUT2D eigenvalue weighted by atomic mass is 10.0. The van der Waals surface area contributed by atoms with E-state index in [4.69, 9.17) is 9.47 Å². The molecular weight excluding hydrogens is 312 g/mol. The molecule has 0 aliphatic carbocycles. The van der Waals surface area contributed by atoms with E-state index in [9.17, 15) is 5.26 Å². The summed E-state index contributed by atoms with van der Waals surface area (Å²) in [6.45, 7) is 0. The molecule has 25 heavy (non-hydrogen) atoms. The average molecular weight is 330 g/mol. The first-order valence-corrected chi connectivity index (χ1v) is 7.83. The third-order valence-corrected chi connectivity index (χ3v) is 3.92. The molecule has 1 aromatic heterocycles. The summed E-state index contributed by atoms with van der Waals surface area (Å²) in [5.41, 5.74) is 3.39. The van der Waals surface area contributed by atoms with Crippen molar-refractivity contribution in [3.63, 3.8) is 0 Å². The Kier molecular flexibility index (Phi) is 4.87. The van der Waals surface area contributed by atoms with Crippen LogP contribution in [0.1, 0.15) is 11.1 Å². The maximum atomic E-state index is 9.54. The van der Waals surface area contributed by atoms with Crippen molar-refractivity contribution < 1.29 is 9.47 Å². The second-order valence-electron chi connectivity index (χ2n) is 5.42. The molecule has 0 spiro atoms. The van der Waals surface area contributed by atoms with Gasteiger partial charge in [-0.1, -0.05) is 18.2 Å². The maximum Gasteiger partial charge on any atom is 0.161 e. The number of methoxy groups -OCH3 is 2. The van der Waals surface area contributed by atoms with Gasteiger partial charge in [0.05, 0.1) is 25.9 Å². The third kappa shape index (κ3) is 3.56. The summed E-state index contributed by atoms with van der Waals surface area (Å²) < 4.78 is 12.6. The van der Waals surface area contributed by atoms with E-state index < -0.39 is 0 Å². The van der Waals surface area contributed by atoms with Crippen LogP contribution in [0.2, 0.25) is 0 Å². The smallest absolute Gasteiger partial charge is 0.161 e. The molecule has 3 aromatic rings. The van der Waals surface area contributed by atoms with E-state index in [1.54, 1.807) is 14.2 Å². The highest BCUT2D eigenvalue weighted by molar-refractivity contribution is 5.90. The monoisotopic (exact) mass is 330 g/mol. The SMILES string of the molecule is COc1ccc(C=C(C#N)c2ccc(-n3cccc3)cc2)cc1OC. The number of rotatable bonds is 5. The molecule has 0 atom stereocenters. The molecule has 0 N–H and O–H groups in total. The molecule has 3 rings (SSSR count). The Morgan fingerprint density at radius 3 is 2.24 bits per heavy atom. The van der Waals surface area contributed by atoms with Crippen molar-refractivity contribution in [2.45, 2.75) is 0 Å². The maximum absolute atomic E-state index is 9.54. The van der Waals surface area contributed by atoms with Crippen molar-refractivity contribution in [1.29, 1.82) is 5.26 Å². The summed E-state index contributed by atoms with van der Waals surface area (Å²) >= 11 is 0. The second-order valence-corrected chi connectivity index (χ2v) is 5.42. The van der Waals surface area contributed by atoms with Crippen molar-refractivity contribution >= 4 is 11.6 Å². The quantitative estimate of drug-likeness (QED) is 0.509. The molecule has 0 saturated carbocycles. The first-order chi connectivity index (χ1) is 12.2. The lowest BCUT2D eigenvalue weighted by Crippen LogP contribution is -1.91. The Labute approximate surface area is 147 Å². The highest BCUT2D eigenvalue weighted by atomic mass is 16.5. The van der Waals surface area contributed by atoms with Gasteiger partial charge in [-0.25, -0.2) is 0 Å². The summed E-state index contributed by atoms with van der Waals surface area (Å²) in [6.07, 6.45) is 5.81. The van der Waals surface area contributed by atoms with E-state index in [1.165, 1.54) is 0 Å². The molecule has 0 aliphatic rings. The van der Waals surface area contributed by atoms with Crippen molar-refractivity contribution in [3.8, 4) is 23.3 Å². The fraction of sp³-hybridized carbons (Fsp3) is 0.0952. The van der Waals surface area contributed by atoms with Crippen molar-refractivity contribution in [2.24, 2.45) is 0 Å². The standard InChI is InChI=1S/C21H18N2O2/c1-24-20-10-5-16(14-21(20)25-2)13-18(15-22)17-6-8-19(9-7-17)23-11-3-4-12-23/h3-14H,1-2H3. The summed E-state index contributed by atoms with van der Waals surface area (Å²) in [5.74, 6) is 1.30. The van der Waals surface area contributed by atoms with Gasteiger partial charge in [0.2, 0.25) is 0 Å². The Bertz CT molecular complexity index is 918. The van der Waals surface area contributed by atoms with Crippen LogP contribution in [-0.4, -0.2) is 18.8 Å². The molecule has 0 amide bonds. The lowest BCUT2D eigenvalue weighted by molar-refractivity contribution is 0.355. The summed E-state index contributed by atoms with van der Waals surface area (Å²) in [7, 11) is 3.19. The number of benzene rings is 2. The van der Waals surface area contributed by atoms with Gasteiger partial charge < -0.3 is 14.0 Å². The molecule has 0 saturated heterocycles. The molecular formula is C21H18N2O2. The zero-order chi connectivity index (χ0) is 17.6. The molecule has 4 nitrogen and oxygen atoms in total. The van der Waals surface area contributed by atoms with Crippen LogP contribution in [0, 0.1) is 11.3 Å². The van der Waals surface area contributed by atoms with Crippen molar-refractivity contribution in [2.75, 3.05) is 14.2 Å². The minimum atomic E-state index is 0.589. The number of hydrogen-bond acceptors (Lipinski definition) is 3. The number of nitriles is 1. The number of nitrogens with zero attached hydrogens (tertiary/aromatic N) is 2. The third-order valence-electron chi connectivity index (χ3n) is 3.92. The van der Waals surface area contributed by atoms with Crippen LogP contribution in [0.3, 0.4) is 0 Å². The van der Waals surface area contributed by atoms with Crippen LogP contribution >= 0.6 is 0 Å². The van der Waals surface area contributed by atoms with Crippen molar-refractivity contribution in [3.05, 3.63) is 78.1 Å². The van der Waals surface area contributed by atoms with Crippen LogP contribution < -0.4 is 9.47 Å². The van der Waals surface area contributed by atoms with E-state index in [0.717, 1.165) is 16.8 Å². The zero-order valence-corrected chi connectivity index (χ0v) is 14.1. The first-order valence-electron chi connectivity index (χ1n) is 7.83. The zero-order valence-electron chi connectivity index (χ0n) is 14.1. The minimum Gasteiger partial charge on any atom is -0.493 e. The molecule has 1 heterocycles. The molecule has 0 radical (unpaired) electrons. The second kappa shape index (κ2) is 7.41. The minimum absolute atomic E-state index is 0.589. The highest BCUT2D eigenvalue weighted by Crippen LogP contribution is 2.29. The number of allylic oxidation sites excluding steroid dienone is 1. The summed E-state index contributed by atoms with van der Waals surface area (Å²) in [6, 6.07) is 19.7. The largest absolute Gasteiger partial charge is 0.493 e. The number of ether oxygens (including phenoxy) is 2. The van der Waals surface area contributed by atoms with Gasteiger partial charge in [0.1, 0.15) is 0 Å². The molecule has 0 fully saturated rings. The van der Waals surface area contributed by atoms with Gasteiger partial charge in [-0.05, 0) is 53.6 Å². The number of aromatic nitrogens is 1. The van der Waals surface area contributed by atoms with Gasteiger partial charge in [0, 0.05) is 18.1 Å². The van der Waals surface area contributed by atoms with Gasteiger partial charge in [-0.2, -0.15) is 5.26 Å². The summed E-state index contributed by atoms with van der Waals surface area (Å²) in [4.78, 5) is 0. The highest BCUT2D eigenvalue weighted by Gasteiger charge is 2.06. The van der Waals surface area contributed by atoms with Crippen LogP contribution in [0.4, 0.5) is 0 Å². The van der Waals surface area contributed by atoms with Crippen molar-refractivity contribution in [1.82, 2.24) is 4.57 Å². The average Bonchev–Trinajstić information content (AvgIpc) is 3.21. The van der Waals surface area contributed by atoms with E-state index in [0.29, 0.717) is 17.1 Å². The molecule has 2 aromatic carbocycles. The van der Waals surface area contributed by atoms with Gasteiger partial charge in [0.15, 0.2) is 11.5 Å². The predicted molar refractivity (Wildman–Crippen MR) is 98.8 cm³/mol. The molecule has 0 bridgehead atoms. The molecule has 0 unspecified atom stereocenters. The van der Waals surface area contributed by atoms with Gasteiger partial charge in [-0.15, -0.1) is 0 Å². The fourth-order valence-corrected chi connectivity index (χ4v) is 2.61.